The number of carboxylic acid groups (broad SMARTS) is 2. The molecule has 9 atom stereocenters. The van der Waals surface area contributed by atoms with Crippen molar-refractivity contribution in [1.29, 1.82) is 0 Å². The molecule has 0 aromatic heterocycles. The maximum atomic E-state index is 13.9. The van der Waals surface area contributed by atoms with E-state index in [1.165, 1.54) is 13.8 Å². The molecule has 3 rings (SSSR count). The van der Waals surface area contributed by atoms with Gasteiger partial charge in [-0.15, -0.1) is 0 Å². The Morgan fingerprint density at radius 2 is 1.01 bits per heavy atom. The number of urea groups is 1. The Labute approximate surface area is 619 Å². The van der Waals surface area contributed by atoms with Gasteiger partial charge in [0, 0.05) is 94.4 Å². The summed E-state index contributed by atoms with van der Waals surface area (Å²) in [7, 11) is 3.87. The lowest BCUT2D eigenvalue weighted by Gasteiger charge is -2.27. The van der Waals surface area contributed by atoms with Crippen LogP contribution in [0.5, 0.6) is 0 Å². The van der Waals surface area contributed by atoms with E-state index in [-0.39, 0.29) is 153 Å². The van der Waals surface area contributed by atoms with Crippen LogP contribution in [0.2, 0.25) is 0 Å². The Bertz CT molecular complexity index is 2930. The third-order valence-corrected chi connectivity index (χ3v) is 19.7. The van der Waals surface area contributed by atoms with Gasteiger partial charge < -0.3 is 120 Å². The molecule has 3 fully saturated rings. The fourth-order valence-electron chi connectivity index (χ4n) is 10.1. The Hall–Kier alpha value is -8.36. The minimum absolute atomic E-state index is 0.0350. The summed E-state index contributed by atoms with van der Waals surface area (Å²) in [5, 5.41) is 54.2. The second-order valence-corrected chi connectivity index (χ2v) is 28.4. The van der Waals surface area contributed by atoms with Crippen molar-refractivity contribution in [3.8, 4) is 0 Å². The van der Waals surface area contributed by atoms with Gasteiger partial charge in [0.05, 0.1) is 103 Å². The number of ether oxygens (including phenoxy) is 4. The SMILES string of the molecule is CC(C)[C@H]1NC(=O)[C@@H](CC(=O)O)NC(=O)[C@H](CC(=O)O)NC(=O)CNC(=O)CNC(=O)CNC(=O)[C@H](N)CSSC[C@H](C(=O)NCCOCCOCCNC(=O)CCC(=O)NCCOCCOCCNC(=O)CCC(=O)N[C@@H](CCCCNC(=O)CCCC[C@@H]2SC[C@@H]3NC(=O)N(C)C32)C(N)=O)NC1=O. The highest BCUT2D eigenvalue weighted by Gasteiger charge is 2.46. The van der Waals surface area contributed by atoms with E-state index >= 15 is 0 Å². The van der Waals surface area contributed by atoms with Gasteiger partial charge in [-0.3, -0.25) is 76.7 Å². The van der Waals surface area contributed by atoms with E-state index in [0.717, 1.165) is 46.6 Å². The van der Waals surface area contributed by atoms with E-state index in [0.29, 0.717) is 31.1 Å². The number of carbonyl (C=O) groups excluding carboxylic acids is 15. The van der Waals surface area contributed by atoms with Crippen LogP contribution in [0.1, 0.15) is 97.3 Å². The lowest BCUT2D eigenvalue weighted by atomic mass is 10.0. The molecule has 105 heavy (non-hydrogen) atoms. The number of unbranched alkanes of at least 4 members (excludes halogenated alkanes) is 2. The lowest BCUT2D eigenvalue weighted by Crippen LogP contribution is -2.60. The predicted octanol–water partition coefficient (Wildman–Crippen LogP) is -6.98. The molecule has 0 radical (unpaired) electrons. The molecule has 20 N–H and O–H groups in total. The number of primary amides is 1. The van der Waals surface area contributed by atoms with Crippen LogP contribution in [0, 0.1) is 5.92 Å². The summed E-state index contributed by atoms with van der Waals surface area (Å²) < 4.78 is 21.9. The number of fused-ring (bicyclic) bond motifs is 1. The molecule has 43 heteroatoms. The second kappa shape index (κ2) is 51.8. The summed E-state index contributed by atoms with van der Waals surface area (Å²) in [6.07, 6.45) is 1.69. The zero-order valence-corrected chi connectivity index (χ0v) is 61.6. The molecule has 1 unspecified atom stereocenters. The summed E-state index contributed by atoms with van der Waals surface area (Å²) >= 11 is 1.86. The Morgan fingerprint density at radius 1 is 0.524 bits per heavy atom. The van der Waals surface area contributed by atoms with E-state index in [2.05, 4.69) is 74.4 Å². The first-order valence-corrected chi connectivity index (χ1v) is 37.9. The van der Waals surface area contributed by atoms with Gasteiger partial charge in [0.1, 0.15) is 30.2 Å². The van der Waals surface area contributed by atoms with Gasteiger partial charge in [-0.2, -0.15) is 11.8 Å². The van der Waals surface area contributed by atoms with E-state index in [9.17, 15) is 91.7 Å². The maximum absolute atomic E-state index is 13.9. The molecule has 16 amide bonds. The number of rotatable bonds is 42. The lowest BCUT2D eigenvalue weighted by molar-refractivity contribution is -0.143. The molecule has 0 aliphatic carbocycles. The standard InChI is InChI=1S/C62H103N17O23S3/c1-36(2)54-61(97)76-42(35-105-104-33-37(63)57(93)72-31-50(86)70-30-49(85)71-32-51(87)74-39(28-52(88)89)59(95)75-40(29-53(90)91)60(96)78-54)58(94)69-19-23-102-27-26-101-21-17-67-46(82)12-11-45(81)66-16-20-99-24-25-100-22-18-68-47(83)13-14-48(84)73-38(56(64)92)8-6-7-15-65-44(80)10-5-4-9-43-55-41(34-103-43)77-62(98)79(55)3/h36-43,54-55H,4-35,63H2,1-3H3,(H2,64,92)(H,65,80)(H,66,81)(H,67,82)(H,68,83)(H,69,94)(H,70,86)(H,71,85)(H,72,93)(H,73,84)(H,74,87)(H,75,95)(H,76,97)(H,77,98)(H,78,96)(H,88,89)(H,90,91)/t37-,38+,39+,40-,41+,42-,43+,54-,55?/m1/s1. The second-order valence-electron chi connectivity index (χ2n) is 24.5. The Kier molecular flexibility index (Phi) is 44.8. The van der Waals surface area contributed by atoms with Crippen LogP contribution in [0.3, 0.4) is 0 Å². The van der Waals surface area contributed by atoms with Crippen LogP contribution in [-0.4, -0.2) is 299 Å². The molecule has 0 aromatic rings. The number of hydrogen-bond donors (Lipinski definition) is 18. The molecular weight excluding hydrogens is 1450 g/mol. The van der Waals surface area contributed by atoms with Crippen LogP contribution >= 0.6 is 33.3 Å². The van der Waals surface area contributed by atoms with Gasteiger partial charge in [-0.1, -0.05) is 41.9 Å². The fraction of sp³-hybridized carbons (Fsp3) is 0.726. The molecule has 0 aromatic carbocycles. The topological polar surface area (TPSA) is 591 Å². The van der Waals surface area contributed by atoms with Crippen molar-refractivity contribution in [2.24, 2.45) is 17.4 Å². The monoisotopic (exact) mass is 1550 g/mol. The normalized spacial score (nSPS) is 21.3. The van der Waals surface area contributed by atoms with Crippen molar-refractivity contribution in [2.45, 2.75) is 151 Å². The minimum Gasteiger partial charge on any atom is -0.481 e. The average molecular weight is 1550 g/mol. The molecule has 3 saturated heterocycles. The summed E-state index contributed by atoms with van der Waals surface area (Å²) in [6, 6.07) is -8.42. The van der Waals surface area contributed by atoms with Crippen LogP contribution < -0.4 is 85.9 Å². The highest BCUT2D eigenvalue weighted by atomic mass is 33.1. The zero-order valence-electron chi connectivity index (χ0n) is 59.2. The third-order valence-electron chi connectivity index (χ3n) is 15.7. The summed E-state index contributed by atoms with van der Waals surface area (Å²) in [5.41, 5.74) is 11.5. The number of carbonyl (C=O) groups is 17. The Morgan fingerprint density at radius 3 is 1.55 bits per heavy atom. The van der Waals surface area contributed by atoms with Gasteiger partial charge in [-0.05, 0) is 38.0 Å². The number of nitrogens with two attached hydrogens (primary N) is 2. The van der Waals surface area contributed by atoms with Gasteiger partial charge in [0.25, 0.3) is 0 Å². The van der Waals surface area contributed by atoms with Crippen LogP contribution in [0.15, 0.2) is 0 Å². The third kappa shape index (κ3) is 39.5. The Balaban J connectivity index is 1.26. The van der Waals surface area contributed by atoms with Crippen molar-refractivity contribution in [2.75, 3.05) is 130 Å². The van der Waals surface area contributed by atoms with Crippen molar-refractivity contribution in [3.63, 3.8) is 0 Å². The zero-order chi connectivity index (χ0) is 77.6. The number of nitrogens with one attached hydrogen (secondary N) is 14. The van der Waals surface area contributed by atoms with Gasteiger partial charge >= 0.3 is 18.0 Å². The molecule has 3 heterocycles. The molecule has 3 aliphatic heterocycles. The number of amides is 16. The smallest absolute Gasteiger partial charge is 0.317 e. The van der Waals surface area contributed by atoms with Gasteiger partial charge in [-0.25, -0.2) is 4.79 Å². The summed E-state index contributed by atoms with van der Waals surface area (Å²) in [5.74, 6) is -13.4. The van der Waals surface area contributed by atoms with E-state index in [1.54, 1.807) is 4.90 Å². The van der Waals surface area contributed by atoms with Crippen molar-refractivity contribution in [1.82, 2.24) is 79.3 Å². The van der Waals surface area contributed by atoms with E-state index < -0.39 is 157 Å². The number of carboxylic acids is 2. The van der Waals surface area contributed by atoms with Crippen molar-refractivity contribution >= 4 is 134 Å². The van der Waals surface area contributed by atoms with Gasteiger partial charge in [0.2, 0.25) is 82.7 Å². The van der Waals surface area contributed by atoms with E-state index in [4.69, 9.17) is 30.4 Å². The number of aliphatic carboxylic acids is 2. The van der Waals surface area contributed by atoms with Crippen LogP contribution in [0.4, 0.5) is 4.79 Å². The first-order valence-electron chi connectivity index (χ1n) is 34.4. The molecule has 592 valence electrons. The van der Waals surface area contributed by atoms with Crippen LogP contribution in [-0.2, 0) is 95.7 Å². The van der Waals surface area contributed by atoms with Crippen LogP contribution in [0.25, 0.3) is 0 Å². The average Bonchev–Trinajstić information content (AvgIpc) is 1.64. The summed E-state index contributed by atoms with van der Waals surface area (Å²) in [4.78, 5) is 215. The quantitative estimate of drug-likeness (QED) is 0.0153. The molecular formula is C62H103N17O23S3. The molecule has 3 aliphatic rings. The minimum atomic E-state index is -1.94. The first-order chi connectivity index (χ1) is 50.0. The summed E-state index contributed by atoms with van der Waals surface area (Å²) in [6.45, 7) is 2.65. The fourth-order valence-corrected chi connectivity index (χ4v) is 14.0. The number of likely N-dealkylation sites (N-methyl/N-ethyl adjacent to an activating group) is 1. The number of thioether (sulfide) groups is 1. The largest absolute Gasteiger partial charge is 0.481 e. The van der Waals surface area contributed by atoms with Crippen molar-refractivity contribution < 1.29 is 111 Å². The number of nitrogens with zero attached hydrogens (tertiary/aromatic N) is 1. The number of hydrogen-bond acceptors (Lipinski definition) is 25. The molecule has 0 spiro atoms. The van der Waals surface area contributed by atoms with Crippen molar-refractivity contribution in [3.05, 3.63) is 0 Å². The maximum Gasteiger partial charge on any atom is 0.317 e. The molecule has 0 bridgehead atoms. The highest BCUT2D eigenvalue weighted by Crippen LogP contribution is 2.36. The molecule has 40 nitrogen and oxygen atoms in total. The molecule has 0 saturated carbocycles. The van der Waals surface area contributed by atoms with E-state index in [1.807, 2.05) is 18.8 Å². The van der Waals surface area contributed by atoms with Gasteiger partial charge in [0.15, 0.2) is 0 Å². The predicted molar refractivity (Wildman–Crippen MR) is 379 cm³/mol. The highest BCUT2D eigenvalue weighted by molar-refractivity contribution is 8.76. The first kappa shape index (κ1) is 90.9.